The molecule has 0 saturated heterocycles. The molecule has 0 atom stereocenters. The minimum atomic E-state index is 0.676. The Balaban J connectivity index is 4.42. The third-order valence-electron chi connectivity index (χ3n) is 2.56. The minimum Gasteiger partial charge on any atom is -0.179 e. The first-order chi connectivity index (χ1) is 10.8. The van der Waals surface area contributed by atoms with Gasteiger partial charge < -0.3 is 0 Å². The number of hydrogen-bond donors (Lipinski definition) is 4. The Morgan fingerprint density at radius 3 is 0.864 bits per heavy atom. The molecule has 0 nitrogen and oxygen atoms in total. The third-order valence-corrected chi connectivity index (χ3v) is 10.6. The summed E-state index contributed by atoms with van der Waals surface area (Å²) in [7, 11) is 0. The Labute approximate surface area is 177 Å². The maximum absolute atomic E-state index is 4.34. The van der Waals surface area contributed by atoms with E-state index < -0.39 is 0 Å². The van der Waals surface area contributed by atoms with Gasteiger partial charge in [0, 0.05) is 0 Å². The molecule has 0 spiro atoms. The molecular formula is C14H30S8. The molecular weight excluding hydrogens is 425 g/mol. The summed E-state index contributed by atoms with van der Waals surface area (Å²) in [5.41, 5.74) is 0. The molecule has 0 N–H and O–H groups in total. The van der Waals surface area contributed by atoms with Gasteiger partial charge in [-0.05, 0) is 71.7 Å². The molecule has 0 radical (unpaired) electrons. The van der Waals surface area contributed by atoms with Crippen molar-refractivity contribution in [1.29, 1.82) is 0 Å². The SMILES string of the molecule is SCCCSC(SCCCS)C(SCCCS)SCCCS. The van der Waals surface area contributed by atoms with E-state index in [2.05, 4.69) is 97.6 Å². The third kappa shape index (κ3) is 15.1. The van der Waals surface area contributed by atoms with Crippen molar-refractivity contribution in [3.63, 3.8) is 0 Å². The zero-order valence-corrected chi connectivity index (χ0v) is 19.9. The number of thioether (sulfide) groups is 4. The molecule has 0 aromatic rings. The van der Waals surface area contributed by atoms with Crippen LogP contribution in [0.1, 0.15) is 25.7 Å². The van der Waals surface area contributed by atoms with Crippen molar-refractivity contribution in [2.45, 2.75) is 34.8 Å². The second kappa shape index (κ2) is 20.1. The van der Waals surface area contributed by atoms with E-state index in [1.165, 1.54) is 48.7 Å². The lowest BCUT2D eigenvalue weighted by Gasteiger charge is -2.26. The first-order valence-corrected chi connectivity index (χ1v) is 14.4. The molecule has 134 valence electrons. The van der Waals surface area contributed by atoms with Gasteiger partial charge in [0.2, 0.25) is 0 Å². The lowest BCUT2D eigenvalue weighted by molar-refractivity contribution is 1.10. The Bertz CT molecular complexity index is 175. The largest absolute Gasteiger partial charge is 0.179 e. The minimum absolute atomic E-state index is 0.676. The average Bonchev–Trinajstić information content (AvgIpc) is 2.53. The van der Waals surface area contributed by atoms with Crippen molar-refractivity contribution in [2.75, 3.05) is 46.0 Å². The van der Waals surface area contributed by atoms with Crippen LogP contribution in [-0.2, 0) is 0 Å². The average molecular weight is 455 g/mol. The summed E-state index contributed by atoms with van der Waals surface area (Å²) < 4.78 is 1.35. The van der Waals surface area contributed by atoms with Crippen LogP contribution in [0.2, 0.25) is 0 Å². The van der Waals surface area contributed by atoms with Crippen molar-refractivity contribution in [3.8, 4) is 0 Å². The quantitative estimate of drug-likeness (QED) is 0.123. The molecule has 0 aliphatic heterocycles. The molecule has 0 aromatic carbocycles. The van der Waals surface area contributed by atoms with Crippen LogP contribution in [0.3, 0.4) is 0 Å². The second-order valence-electron chi connectivity index (χ2n) is 4.53. The van der Waals surface area contributed by atoms with Gasteiger partial charge in [0.05, 0.1) is 9.16 Å². The molecule has 0 rings (SSSR count). The van der Waals surface area contributed by atoms with E-state index in [-0.39, 0.29) is 0 Å². The van der Waals surface area contributed by atoms with Crippen LogP contribution in [0.25, 0.3) is 0 Å². The second-order valence-corrected chi connectivity index (χ2v) is 11.9. The van der Waals surface area contributed by atoms with Crippen LogP contribution in [0.4, 0.5) is 0 Å². The Kier molecular flexibility index (Phi) is 22.7. The van der Waals surface area contributed by atoms with E-state index in [0.717, 1.165) is 23.0 Å². The molecule has 0 aromatic heterocycles. The van der Waals surface area contributed by atoms with Gasteiger partial charge in [-0.3, -0.25) is 0 Å². The molecule has 0 unspecified atom stereocenters. The molecule has 0 aliphatic rings. The van der Waals surface area contributed by atoms with E-state index in [9.17, 15) is 0 Å². The van der Waals surface area contributed by atoms with Crippen LogP contribution >= 0.6 is 97.6 Å². The fourth-order valence-corrected chi connectivity index (χ4v) is 9.57. The highest BCUT2D eigenvalue weighted by Gasteiger charge is 2.23. The van der Waals surface area contributed by atoms with Crippen molar-refractivity contribution in [3.05, 3.63) is 0 Å². The Hall–Kier alpha value is 2.80. The van der Waals surface area contributed by atoms with Crippen LogP contribution in [0, 0.1) is 0 Å². The molecule has 0 heterocycles. The van der Waals surface area contributed by atoms with Crippen LogP contribution in [0.15, 0.2) is 0 Å². The van der Waals surface area contributed by atoms with Crippen molar-refractivity contribution >= 4 is 97.6 Å². The molecule has 0 bridgehead atoms. The molecule has 0 saturated carbocycles. The van der Waals surface area contributed by atoms with Crippen LogP contribution < -0.4 is 0 Å². The zero-order valence-electron chi connectivity index (χ0n) is 13.1. The van der Waals surface area contributed by atoms with Crippen LogP contribution in [-0.4, -0.2) is 55.2 Å². The predicted molar refractivity (Wildman–Crippen MR) is 131 cm³/mol. The standard InChI is InChI=1S/C14H30S8/c15-5-1-9-19-13(20-10-2-6-16)14(21-11-3-7-17)22-12-4-8-18/h13-18H,1-12H2. The highest BCUT2D eigenvalue weighted by molar-refractivity contribution is 8.23. The van der Waals surface area contributed by atoms with Crippen molar-refractivity contribution in [2.24, 2.45) is 0 Å². The zero-order chi connectivity index (χ0) is 16.5. The van der Waals surface area contributed by atoms with E-state index in [1.807, 2.05) is 0 Å². The van der Waals surface area contributed by atoms with E-state index in [4.69, 9.17) is 0 Å². The lowest BCUT2D eigenvalue weighted by Crippen LogP contribution is -2.16. The van der Waals surface area contributed by atoms with Crippen molar-refractivity contribution < 1.29 is 0 Å². The van der Waals surface area contributed by atoms with Gasteiger partial charge in [-0.2, -0.15) is 50.5 Å². The van der Waals surface area contributed by atoms with E-state index in [0.29, 0.717) is 9.16 Å². The topological polar surface area (TPSA) is 0 Å². The summed E-state index contributed by atoms with van der Waals surface area (Å²) in [5.74, 6) is 8.85. The summed E-state index contributed by atoms with van der Waals surface area (Å²) in [4.78, 5) is 0. The first kappa shape index (κ1) is 24.8. The van der Waals surface area contributed by atoms with Crippen molar-refractivity contribution in [1.82, 2.24) is 0 Å². The highest BCUT2D eigenvalue weighted by Crippen LogP contribution is 2.40. The monoisotopic (exact) mass is 454 g/mol. The number of thiol groups is 4. The lowest BCUT2D eigenvalue weighted by atomic mass is 10.6. The Morgan fingerprint density at radius 1 is 0.455 bits per heavy atom. The van der Waals surface area contributed by atoms with Gasteiger partial charge >= 0.3 is 0 Å². The smallest absolute Gasteiger partial charge is 0.0712 e. The van der Waals surface area contributed by atoms with Crippen LogP contribution in [0.5, 0.6) is 0 Å². The molecule has 8 heteroatoms. The predicted octanol–water partition coefficient (Wildman–Crippen LogP) is 5.85. The number of hydrogen-bond acceptors (Lipinski definition) is 8. The van der Waals surface area contributed by atoms with Gasteiger partial charge in [-0.1, -0.05) is 0 Å². The maximum Gasteiger partial charge on any atom is 0.0712 e. The molecule has 0 fully saturated rings. The Morgan fingerprint density at radius 2 is 0.682 bits per heavy atom. The highest BCUT2D eigenvalue weighted by atomic mass is 32.2. The van der Waals surface area contributed by atoms with E-state index in [1.54, 1.807) is 0 Å². The molecule has 0 aliphatic carbocycles. The van der Waals surface area contributed by atoms with Gasteiger partial charge in [0.15, 0.2) is 0 Å². The molecule has 0 amide bonds. The van der Waals surface area contributed by atoms with E-state index >= 15 is 0 Å². The van der Waals surface area contributed by atoms with Gasteiger partial charge in [0.25, 0.3) is 0 Å². The van der Waals surface area contributed by atoms with Gasteiger partial charge in [0.1, 0.15) is 0 Å². The summed E-state index contributed by atoms with van der Waals surface area (Å²) in [6.45, 7) is 0. The summed E-state index contributed by atoms with van der Waals surface area (Å²) in [6.07, 6.45) is 4.80. The normalized spacial score (nSPS) is 11.7. The van der Waals surface area contributed by atoms with Gasteiger partial charge in [-0.25, -0.2) is 0 Å². The summed E-state index contributed by atoms with van der Waals surface area (Å²) >= 11 is 25.9. The molecule has 22 heavy (non-hydrogen) atoms. The number of rotatable bonds is 17. The summed E-state index contributed by atoms with van der Waals surface area (Å²) in [6, 6.07) is 0. The first-order valence-electron chi connectivity index (χ1n) is 7.70. The van der Waals surface area contributed by atoms with Gasteiger partial charge in [-0.15, -0.1) is 47.0 Å². The maximum atomic E-state index is 4.34. The summed E-state index contributed by atoms with van der Waals surface area (Å²) in [5, 5.41) is 0. The fourth-order valence-electron chi connectivity index (χ4n) is 1.47. The fraction of sp³-hybridized carbons (Fsp3) is 1.00.